The Labute approximate surface area is 69.7 Å². The Bertz CT molecular complexity index is 243. The fourth-order valence-corrected chi connectivity index (χ4v) is 2.28. The van der Waals surface area contributed by atoms with Crippen molar-refractivity contribution in [2.45, 2.75) is 30.8 Å². The summed E-state index contributed by atoms with van der Waals surface area (Å²) in [6.45, 7) is 0.929. The molecule has 0 spiro atoms. The first-order valence-corrected chi connectivity index (χ1v) is 4.27. The van der Waals surface area contributed by atoms with E-state index in [0.717, 1.165) is 13.0 Å². The molecule has 5 heteroatoms. The summed E-state index contributed by atoms with van der Waals surface area (Å²) in [5.74, 6) is -0.680. The second kappa shape index (κ2) is 1.99. The van der Waals surface area contributed by atoms with Crippen LogP contribution in [-0.4, -0.2) is 46.9 Å². The number of hydrogen-bond acceptors (Lipinski definition) is 4. The zero-order chi connectivity index (χ0) is 8.29. The number of rotatable bonds is 1. The Balaban J connectivity index is 1.77. The highest BCUT2D eigenvalue weighted by molar-refractivity contribution is 5.75. The molecule has 0 bridgehead atoms. The van der Waals surface area contributed by atoms with Crippen molar-refractivity contribution in [3.05, 3.63) is 0 Å². The van der Waals surface area contributed by atoms with Gasteiger partial charge in [0.25, 0.3) is 0 Å². The van der Waals surface area contributed by atoms with E-state index in [1.54, 1.807) is 0 Å². The summed E-state index contributed by atoms with van der Waals surface area (Å²) in [6.07, 6.45) is 1.44. The van der Waals surface area contributed by atoms with Crippen LogP contribution in [-0.2, 0) is 4.79 Å². The van der Waals surface area contributed by atoms with Crippen LogP contribution in [0.15, 0.2) is 0 Å². The molecular weight excluding hydrogens is 158 g/mol. The Kier molecular flexibility index (Phi) is 1.13. The third-order valence-electron chi connectivity index (χ3n) is 3.01. The first kappa shape index (κ1) is 6.82. The third-order valence-corrected chi connectivity index (χ3v) is 3.01. The third kappa shape index (κ3) is 0.708. The molecule has 3 saturated heterocycles. The van der Waals surface area contributed by atoms with Crippen molar-refractivity contribution >= 4 is 5.97 Å². The minimum atomic E-state index is -0.680. The molecule has 4 unspecified atom stereocenters. The maximum absolute atomic E-state index is 10.7. The molecular formula is C7H11N3O2. The minimum Gasteiger partial charge on any atom is -0.480 e. The molecule has 3 aliphatic rings. The summed E-state index contributed by atoms with van der Waals surface area (Å²) < 4.78 is 0. The van der Waals surface area contributed by atoms with Gasteiger partial charge in [-0.3, -0.25) is 20.3 Å². The number of piperazine rings is 1. The van der Waals surface area contributed by atoms with Crippen LogP contribution in [0, 0.1) is 0 Å². The highest BCUT2D eigenvalue weighted by atomic mass is 16.4. The van der Waals surface area contributed by atoms with E-state index in [1.165, 1.54) is 0 Å². The van der Waals surface area contributed by atoms with Crippen molar-refractivity contribution < 1.29 is 9.90 Å². The summed E-state index contributed by atoms with van der Waals surface area (Å²) in [5, 5.41) is 15.3. The minimum absolute atomic E-state index is 0.236. The van der Waals surface area contributed by atoms with Gasteiger partial charge in [0.2, 0.25) is 0 Å². The van der Waals surface area contributed by atoms with Gasteiger partial charge in [-0.25, -0.2) is 0 Å². The van der Waals surface area contributed by atoms with Gasteiger partial charge in [0.1, 0.15) is 6.04 Å². The lowest BCUT2D eigenvalue weighted by molar-refractivity contribution is -0.154. The molecule has 0 saturated carbocycles. The maximum Gasteiger partial charge on any atom is 0.321 e. The molecule has 3 heterocycles. The number of fused-ring (bicyclic) bond motifs is 3. The molecule has 0 aromatic carbocycles. The van der Waals surface area contributed by atoms with Crippen LogP contribution in [0.4, 0.5) is 0 Å². The standard InChI is InChI=1S/C7H11N3O2/c11-7(12)4-1-3-2-8-5-6(9-5)10(3)4/h3-6,8-9H,1-2H2,(H,11,12). The topological polar surface area (TPSA) is 74.5 Å². The van der Waals surface area contributed by atoms with Gasteiger partial charge in [-0.15, -0.1) is 0 Å². The predicted octanol–water partition coefficient (Wildman–Crippen LogP) is -1.63. The normalized spacial score (nSPS) is 50.3. The van der Waals surface area contributed by atoms with Crippen molar-refractivity contribution in [3.63, 3.8) is 0 Å². The zero-order valence-corrected chi connectivity index (χ0v) is 6.53. The number of carboxylic acids is 1. The van der Waals surface area contributed by atoms with E-state index in [1.807, 2.05) is 0 Å². The highest BCUT2D eigenvalue weighted by Gasteiger charge is 2.57. The van der Waals surface area contributed by atoms with Gasteiger partial charge in [-0.1, -0.05) is 0 Å². The van der Waals surface area contributed by atoms with Gasteiger partial charge in [-0.05, 0) is 6.42 Å². The first-order valence-electron chi connectivity index (χ1n) is 4.27. The molecule has 0 radical (unpaired) electrons. The summed E-state index contributed by atoms with van der Waals surface area (Å²) >= 11 is 0. The molecule has 3 N–H and O–H groups in total. The van der Waals surface area contributed by atoms with Crippen LogP contribution in [0.25, 0.3) is 0 Å². The molecule has 3 aliphatic heterocycles. The summed E-state index contributed by atoms with van der Waals surface area (Å²) in [4.78, 5) is 12.8. The number of carbonyl (C=O) groups is 1. The van der Waals surface area contributed by atoms with Crippen molar-refractivity contribution in [2.24, 2.45) is 0 Å². The van der Waals surface area contributed by atoms with E-state index < -0.39 is 5.97 Å². The Morgan fingerprint density at radius 3 is 3.17 bits per heavy atom. The summed E-state index contributed by atoms with van der Waals surface area (Å²) in [6, 6.07) is 0.210. The Morgan fingerprint density at radius 1 is 1.58 bits per heavy atom. The van der Waals surface area contributed by atoms with Crippen LogP contribution in [0.1, 0.15) is 6.42 Å². The lowest BCUT2D eigenvalue weighted by atomic mass is 9.91. The number of carboxylic acid groups (broad SMARTS) is 1. The fraction of sp³-hybridized carbons (Fsp3) is 0.857. The van der Waals surface area contributed by atoms with E-state index in [2.05, 4.69) is 15.5 Å². The quantitative estimate of drug-likeness (QED) is 0.411. The number of nitrogens with one attached hydrogen (secondary N) is 2. The van der Waals surface area contributed by atoms with Gasteiger partial charge in [0.05, 0.1) is 12.3 Å². The molecule has 0 amide bonds. The van der Waals surface area contributed by atoms with Crippen LogP contribution < -0.4 is 10.6 Å². The molecule has 0 aliphatic carbocycles. The van der Waals surface area contributed by atoms with Crippen molar-refractivity contribution in [2.75, 3.05) is 6.54 Å². The molecule has 0 aromatic rings. The second-order valence-corrected chi connectivity index (χ2v) is 3.69. The lowest BCUT2D eigenvalue weighted by Gasteiger charge is -2.48. The average Bonchev–Trinajstić information content (AvgIpc) is 2.64. The fourth-order valence-electron chi connectivity index (χ4n) is 2.28. The number of hydrogen-bond donors (Lipinski definition) is 3. The van der Waals surface area contributed by atoms with Crippen molar-refractivity contribution in [1.29, 1.82) is 0 Å². The molecule has 12 heavy (non-hydrogen) atoms. The molecule has 5 nitrogen and oxygen atoms in total. The SMILES string of the molecule is O=C(O)C1CC2CNC3NC3N21. The maximum atomic E-state index is 10.7. The molecule has 66 valence electrons. The van der Waals surface area contributed by atoms with Crippen LogP contribution >= 0.6 is 0 Å². The van der Waals surface area contributed by atoms with Crippen LogP contribution in [0.5, 0.6) is 0 Å². The van der Waals surface area contributed by atoms with Crippen molar-refractivity contribution in [3.8, 4) is 0 Å². The van der Waals surface area contributed by atoms with Gasteiger partial charge >= 0.3 is 5.97 Å². The van der Waals surface area contributed by atoms with E-state index in [0.29, 0.717) is 18.4 Å². The summed E-state index contributed by atoms with van der Waals surface area (Å²) in [5.41, 5.74) is 0. The van der Waals surface area contributed by atoms with Gasteiger partial charge < -0.3 is 5.11 Å². The molecule has 0 aromatic heterocycles. The molecule has 4 atom stereocenters. The number of nitrogens with zero attached hydrogens (tertiary/aromatic N) is 1. The van der Waals surface area contributed by atoms with E-state index in [-0.39, 0.29) is 6.04 Å². The summed E-state index contributed by atoms with van der Waals surface area (Å²) in [7, 11) is 0. The van der Waals surface area contributed by atoms with Crippen molar-refractivity contribution in [1.82, 2.24) is 15.5 Å². The Hall–Kier alpha value is -0.650. The van der Waals surface area contributed by atoms with E-state index >= 15 is 0 Å². The first-order chi connectivity index (χ1) is 5.77. The highest BCUT2D eigenvalue weighted by Crippen LogP contribution is 2.35. The molecule has 3 fully saturated rings. The number of aliphatic carboxylic acids is 1. The zero-order valence-electron chi connectivity index (χ0n) is 6.53. The van der Waals surface area contributed by atoms with E-state index in [9.17, 15) is 4.79 Å². The second-order valence-electron chi connectivity index (χ2n) is 3.69. The van der Waals surface area contributed by atoms with E-state index in [4.69, 9.17) is 5.11 Å². The van der Waals surface area contributed by atoms with Crippen LogP contribution in [0.3, 0.4) is 0 Å². The molecule has 3 rings (SSSR count). The Morgan fingerprint density at radius 2 is 2.42 bits per heavy atom. The van der Waals surface area contributed by atoms with Crippen LogP contribution in [0.2, 0.25) is 0 Å². The smallest absolute Gasteiger partial charge is 0.321 e. The van der Waals surface area contributed by atoms with Gasteiger partial charge in [0, 0.05) is 12.6 Å². The predicted molar refractivity (Wildman–Crippen MR) is 40.4 cm³/mol. The largest absolute Gasteiger partial charge is 0.480 e. The van der Waals surface area contributed by atoms with Gasteiger partial charge in [-0.2, -0.15) is 0 Å². The monoisotopic (exact) mass is 169 g/mol. The average molecular weight is 169 g/mol. The lowest BCUT2D eigenvalue weighted by Crippen LogP contribution is -2.67. The van der Waals surface area contributed by atoms with Gasteiger partial charge in [0.15, 0.2) is 0 Å².